The van der Waals surface area contributed by atoms with Crippen LogP contribution in [-0.2, 0) is 29.6 Å². The van der Waals surface area contributed by atoms with Crippen LogP contribution < -0.4 is 4.74 Å². The molecule has 0 radical (unpaired) electrons. The Balaban J connectivity index is 2.32. The SMILES string of the molecule is COC(=O)/C(=C\N(S(=O)(=O)c1ccccc1)S(=O)(=O)c1ccccc1)c1cccc(OC)c1. The van der Waals surface area contributed by atoms with Crippen LogP contribution in [0.2, 0.25) is 0 Å². The summed E-state index contributed by atoms with van der Waals surface area (Å²) in [6.07, 6.45) is 0.755. The van der Waals surface area contributed by atoms with E-state index >= 15 is 0 Å². The number of benzene rings is 3. The predicted molar refractivity (Wildman–Crippen MR) is 122 cm³/mol. The quantitative estimate of drug-likeness (QED) is 0.354. The largest absolute Gasteiger partial charge is 0.497 e. The number of nitrogens with zero attached hydrogens (tertiary/aromatic N) is 1. The molecule has 0 heterocycles. The zero-order chi connectivity index (χ0) is 24.1. The fraction of sp³-hybridized carbons (Fsp3) is 0.0870. The number of sulfonamides is 2. The van der Waals surface area contributed by atoms with Crippen LogP contribution in [-0.4, -0.2) is 40.7 Å². The number of ether oxygens (including phenoxy) is 2. The Morgan fingerprint density at radius 3 is 1.73 bits per heavy atom. The number of carbonyl (C=O) groups excluding carboxylic acids is 1. The van der Waals surface area contributed by atoms with E-state index < -0.39 is 26.0 Å². The fourth-order valence-electron chi connectivity index (χ4n) is 2.91. The van der Waals surface area contributed by atoms with Gasteiger partial charge in [-0.25, -0.2) is 21.6 Å². The molecule has 8 nitrogen and oxygen atoms in total. The summed E-state index contributed by atoms with van der Waals surface area (Å²) in [4.78, 5) is 12.1. The topological polar surface area (TPSA) is 107 Å². The van der Waals surface area contributed by atoms with Crippen LogP contribution in [0.1, 0.15) is 5.56 Å². The molecule has 0 amide bonds. The smallest absolute Gasteiger partial charge is 0.340 e. The molecule has 0 aliphatic carbocycles. The van der Waals surface area contributed by atoms with E-state index in [0.717, 1.165) is 13.3 Å². The summed E-state index contributed by atoms with van der Waals surface area (Å²) in [5, 5.41) is 0. The molecule has 0 aliphatic heterocycles. The van der Waals surface area contributed by atoms with Crippen molar-refractivity contribution in [1.82, 2.24) is 3.71 Å². The van der Waals surface area contributed by atoms with Crippen LogP contribution in [0.25, 0.3) is 5.57 Å². The Morgan fingerprint density at radius 1 is 0.758 bits per heavy atom. The summed E-state index contributed by atoms with van der Waals surface area (Å²) in [5.74, 6) is -0.550. The van der Waals surface area contributed by atoms with E-state index in [9.17, 15) is 21.6 Å². The molecule has 0 fully saturated rings. The van der Waals surface area contributed by atoms with Gasteiger partial charge in [-0.15, -0.1) is 0 Å². The van der Waals surface area contributed by atoms with Crippen molar-refractivity contribution >= 4 is 31.6 Å². The summed E-state index contributed by atoms with van der Waals surface area (Å²) in [6, 6.07) is 20.3. The van der Waals surface area contributed by atoms with E-state index in [2.05, 4.69) is 0 Å². The van der Waals surface area contributed by atoms with Crippen LogP contribution in [0.15, 0.2) is 101 Å². The molecule has 0 aromatic heterocycles. The molecule has 172 valence electrons. The number of rotatable bonds is 8. The normalized spacial score (nSPS) is 12.1. The average Bonchev–Trinajstić information content (AvgIpc) is 2.85. The standard InChI is InChI=1S/C23H21NO7S2/c1-30-19-11-9-10-18(16-19)22(23(25)31-2)17-24(32(26,27)20-12-5-3-6-13-20)33(28,29)21-14-7-4-8-15-21/h3-17H,1-2H3/b22-17-. The molecule has 0 bridgehead atoms. The molecule has 10 heteroatoms. The molecular weight excluding hydrogens is 466 g/mol. The lowest BCUT2D eigenvalue weighted by molar-refractivity contribution is -0.133. The van der Waals surface area contributed by atoms with Crippen molar-refractivity contribution in [1.29, 1.82) is 0 Å². The summed E-state index contributed by atoms with van der Waals surface area (Å²) in [7, 11) is -6.74. The molecular formula is C23H21NO7S2. The summed E-state index contributed by atoms with van der Waals surface area (Å²) >= 11 is 0. The van der Waals surface area contributed by atoms with Gasteiger partial charge in [-0.2, -0.15) is 3.71 Å². The van der Waals surface area contributed by atoms with Gasteiger partial charge < -0.3 is 9.47 Å². The summed E-state index contributed by atoms with van der Waals surface area (Å²) in [6.45, 7) is 0. The molecule has 0 spiro atoms. The van der Waals surface area contributed by atoms with Gasteiger partial charge in [0, 0.05) is 6.20 Å². The molecule has 3 aromatic carbocycles. The Labute approximate surface area is 192 Å². The lowest BCUT2D eigenvalue weighted by atomic mass is 10.1. The molecule has 0 saturated carbocycles. The second-order valence-corrected chi connectivity index (χ2v) is 10.5. The maximum atomic E-state index is 13.5. The van der Waals surface area contributed by atoms with Gasteiger partial charge in [-0.05, 0) is 42.0 Å². The molecule has 0 N–H and O–H groups in total. The first-order valence-electron chi connectivity index (χ1n) is 9.56. The van der Waals surface area contributed by atoms with Gasteiger partial charge in [0.05, 0.1) is 29.6 Å². The van der Waals surface area contributed by atoms with Crippen LogP contribution >= 0.6 is 0 Å². The van der Waals surface area contributed by atoms with Crippen molar-refractivity contribution in [2.24, 2.45) is 0 Å². The Kier molecular flexibility index (Phi) is 7.19. The van der Waals surface area contributed by atoms with Gasteiger partial charge in [-0.1, -0.05) is 48.5 Å². The molecule has 0 saturated heterocycles. The first kappa shape index (κ1) is 24.0. The van der Waals surface area contributed by atoms with E-state index in [1.807, 2.05) is 0 Å². The second kappa shape index (κ2) is 9.88. The molecule has 33 heavy (non-hydrogen) atoms. The number of carbonyl (C=O) groups is 1. The van der Waals surface area contributed by atoms with E-state index in [4.69, 9.17) is 9.47 Å². The van der Waals surface area contributed by atoms with Crippen LogP contribution in [0.4, 0.5) is 0 Å². The average molecular weight is 488 g/mol. The van der Waals surface area contributed by atoms with Crippen molar-refractivity contribution in [3.8, 4) is 5.75 Å². The summed E-state index contributed by atoms with van der Waals surface area (Å²) in [5.41, 5.74) is -0.0897. The number of methoxy groups -OCH3 is 2. The highest BCUT2D eigenvalue weighted by Crippen LogP contribution is 2.29. The zero-order valence-electron chi connectivity index (χ0n) is 17.8. The van der Waals surface area contributed by atoms with Gasteiger partial charge in [0.25, 0.3) is 20.0 Å². The Hall–Kier alpha value is -3.63. The third-order valence-corrected chi connectivity index (χ3v) is 8.65. The highest BCUT2D eigenvalue weighted by atomic mass is 32.3. The predicted octanol–water partition coefficient (Wildman–Crippen LogP) is 3.29. The third-order valence-electron chi connectivity index (χ3n) is 4.58. The van der Waals surface area contributed by atoms with Gasteiger partial charge in [0.2, 0.25) is 0 Å². The summed E-state index contributed by atoms with van der Waals surface area (Å²) < 4.78 is 64.1. The molecule has 0 unspecified atom stereocenters. The monoisotopic (exact) mass is 487 g/mol. The van der Waals surface area contributed by atoms with Crippen LogP contribution in [0, 0.1) is 0 Å². The van der Waals surface area contributed by atoms with Crippen LogP contribution in [0.3, 0.4) is 0 Å². The van der Waals surface area contributed by atoms with Gasteiger partial charge in [-0.3, -0.25) is 0 Å². The minimum Gasteiger partial charge on any atom is -0.497 e. The third kappa shape index (κ3) is 5.07. The number of esters is 1. The maximum Gasteiger partial charge on any atom is 0.340 e. The zero-order valence-corrected chi connectivity index (χ0v) is 19.4. The van der Waals surface area contributed by atoms with Crippen molar-refractivity contribution in [3.05, 3.63) is 96.7 Å². The van der Waals surface area contributed by atoms with Crippen molar-refractivity contribution in [2.45, 2.75) is 9.79 Å². The molecule has 0 aliphatic rings. The number of hydrogen-bond donors (Lipinski definition) is 0. The highest BCUT2D eigenvalue weighted by molar-refractivity contribution is 8.04. The van der Waals surface area contributed by atoms with Gasteiger partial charge in [0.15, 0.2) is 0 Å². The van der Waals surface area contributed by atoms with E-state index in [1.165, 1.54) is 67.8 Å². The van der Waals surface area contributed by atoms with E-state index in [-0.39, 0.29) is 24.6 Å². The minimum atomic E-state index is -4.64. The highest BCUT2D eigenvalue weighted by Gasteiger charge is 2.35. The van der Waals surface area contributed by atoms with Gasteiger partial charge in [0.1, 0.15) is 5.75 Å². The Morgan fingerprint density at radius 2 is 1.27 bits per heavy atom. The molecule has 0 atom stereocenters. The van der Waals surface area contributed by atoms with Crippen LogP contribution in [0.5, 0.6) is 5.75 Å². The van der Waals surface area contributed by atoms with Crippen molar-refractivity contribution in [3.63, 3.8) is 0 Å². The minimum absolute atomic E-state index is 0.191. The first-order valence-corrected chi connectivity index (χ1v) is 12.4. The fourth-order valence-corrected chi connectivity index (χ4v) is 6.37. The lowest BCUT2D eigenvalue weighted by Gasteiger charge is -2.22. The molecule has 3 rings (SSSR count). The van der Waals surface area contributed by atoms with E-state index in [0.29, 0.717) is 5.75 Å². The Bertz CT molecular complexity index is 1300. The molecule has 3 aromatic rings. The second-order valence-electron chi connectivity index (χ2n) is 6.63. The van der Waals surface area contributed by atoms with Crippen molar-refractivity contribution in [2.75, 3.05) is 14.2 Å². The van der Waals surface area contributed by atoms with Crippen molar-refractivity contribution < 1.29 is 31.1 Å². The maximum absolute atomic E-state index is 13.5. The lowest BCUT2D eigenvalue weighted by Crippen LogP contribution is -2.33. The first-order chi connectivity index (χ1) is 15.7. The number of hydrogen-bond acceptors (Lipinski definition) is 7. The van der Waals surface area contributed by atoms with Gasteiger partial charge >= 0.3 is 5.97 Å². The van der Waals surface area contributed by atoms with E-state index in [1.54, 1.807) is 24.3 Å².